The highest BCUT2D eigenvalue weighted by molar-refractivity contribution is 7.80. The van der Waals surface area contributed by atoms with Gasteiger partial charge in [-0.05, 0) is 12.8 Å². The lowest BCUT2D eigenvalue weighted by Gasteiger charge is -2.14. The van der Waals surface area contributed by atoms with E-state index in [0.717, 1.165) is 32.1 Å². The highest BCUT2D eigenvalue weighted by Crippen LogP contribution is 2.15. The topological polar surface area (TPSA) is 63.6 Å². The maximum Gasteiger partial charge on any atom is 0.397 e. The average molecular weight is 238 g/mol. The number of rotatable bonds is 9. The summed E-state index contributed by atoms with van der Waals surface area (Å²) in [6, 6.07) is 0. The van der Waals surface area contributed by atoms with E-state index in [2.05, 4.69) is 11.1 Å². The highest BCUT2D eigenvalue weighted by Gasteiger charge is 2.15. The van der Waals surface area contributed by atoms with Crippen LogP contribution in [0.15, 0.2) is 0 Å². The molecule has 0 spiro atoms. The van der Waals surface area contributed by atoms with Crippen LogP contribution >= 0.6 is 0 Å². The third kappa shape index (κ3) is 10.2. The molecule has 0 aliphatic rings. The summed E-state index contributed by atoms with van der Waals surface area (Å²) in [5.41, 5.74) is 0. The first-order valence-corrected chi connectivity index (χ1v) is 7.01. The fraction of sp³-hybridized carbons (Fsp3) is 1.00. The van der Waals surface area contributed by atoms with Crippen LogP contribution in [0.25, 0.3) is 0 Å². The van der Waals surface area contributed by atoms with Gasteiger partial charge in [0.1, 0.15) is 0 Å². The Bertz CT molecular complexity index is 236. The molecule has 0 saturated carbocycles. The van der Waals surface area contributed by atoms with E-state index < -0.39 is 10.4 Å². The van der Waals surface area contributed by atoms with Gasteiger partial charge in [0.2, 0.25) is 0 Å². The smallest absolute Gasteiger partial charge is 0.264 e. The molecule has 0 aromatic heterocycles. The summed E-state index contributed by atoms with van der Waals surface area (Å²) in [5.74, 6) is 0. The van der Waals surface area contributed by atoms with Crippen LogP contribution in [0.5, 0.6) is 0 Å². The van der Waals surface area contributed by atoms with Gasteiger partial charge >= 0.3 is 10.4 Å². The SMILES string of the molecule is CCCCCC(CCCC)OS(=O)(=O)O. The van der Waals surface area contributed by atoms with Crippen molar-refractivity contribution in [3.63, 3.8) is 0 Å². The van der Waals surface area contributed by atoms with Crippen molar-refractivity contribution in [2.24, 2.45) is 0 Å². The van der Waals surface area contributed by atoms with Crippen molar-refractivity contribution in [2.45, 2.75) is 64.9 Å². The molecule has 0 saturated heterocycles. The van der Waals surface area contributed by atoms with E-state index >= 15 is 0 Å². The normalized spacial score (nSPS) is 14.1. The predicted molar refractivity (Wildman–Crippen MR) is 60.1 cm³/mol. The first-order chi connectivity index (χ1) is 6.99. The van der Waals surface area contributed by atoms with E-state index in [-0.39, 0.29) is 6.10 Å². The van der Waals surface area contributed by atoms with Crippen molar-refractivity contribution < 1.29 is 17.2 Å². The summed E-state index contributed by atoms with van der Waals surface area (Å²) in [4.78, 5) is 0. The molecule has 0 fully saturated rings. The number of hydrogen-bond acceptors (Lipinski definition) is 3. The van der Waals surface area contributed by atoms with E-state index in [1.807, 2.05) is 6.92 Å². The molecule has 1 N–H and O–H groups in total. The zero-order chi connectivity index (χ0) is 11.7. The van der Waals surface area contributed by atoms with Crippen molar-refractivity contribution in [1.29, 1.82) is 0 Å². The molecule has 1 atom stereocenters. The minimum absolute atomic E-state index is 0.355. The van der Waals surface area contributed by atoms with E-state index in [0.29, 0.717) is 12.8 Å². The molecule has 0 amide bonds. The van der Waals surface area contributed by atoms with Crippen LogP contribution in [0.1, 0.15) is 58.8 Å². The Balaban J connectivity index is 3.95. The first-order valence-electron chi connectivity index (χ1n) is 5.65. The van der Waals surface area contributed by atoms with Gasteiger partial charge in [-0.3, -0.25) is 4.55 Å². The Morgan fingerprint density at radius 2 is 1.60 bits per heavy atom. The predicted octanol–water partition coefficient (Wildman–Crippen LogP) is 2.94. The molecule has 4 nitrogen and oxygen atoms in total. The van der Waals surface area contributed by atoms with Gasteiger partial charge < -0.3 is 0 Å². The molecule has 0 aromatic carbocycles. The van der Waals surface area contributed by atoms with Crippen LogP contribution < -0.4 is 0 Å². The fourth-order valence-electron chi connectivity index (χ4n) is 1.47. The summed E-state index contributed by atoms with van der Waals surface area (Å²) >= 11 is 0. The standard InChI is InChI=1S/C10H22O4S/c1-3-5-7-9-10(8-6-4-2)14-15(11,12)13/h10H,3-9H2,1-2H3,(H,11,12,13). The van der Waals surface area contributed by atoms with Crippen molar-refractivity contribution in [3.05, 3.63) is 0 Å². The average Bonchev–Trinajstić information content (AvgIpc) is 2.12. The number of hydrogen-bond donors (Lipinski definition) is 1. The first kappa shape index (κ1) is 14.9. The molecular formula is C10H22O4S. The van der Waals surface area contributed by atoms with E-state index in [1.165, 1.54) is 0 Å². The second-order valence-electron chi connectivity index (χ2n) is 3.78. The monoisotopic (exact) mass is 238 g/mol. The fourth-order valence-corrected chi connectivity index (χ4v) is 2.00. The minimum atomic E-state index is -4.29. The Morgan fingerprint density at radius 3 is 2.07 bits per heavy atom. The second kappa shape index (κ2) is 8.07. The minimum Gasteiger partial charge on any atom is -0.264 e. The molecule has 0 rings (SSSR count). The van der Waals surface area contributed by atoms with E-state index in [4.69, 9.17) is 4.55 Å². The van der Waals surface area contributed by atoms with Gasteiger partial charge in [0, 0.05) is 0 Å². The van der Waals surface area contributed by atoms with Crippen LogP contribution in [0.4, 0.5) is 0 Å². The Labute approximate surface area is 93.0 Å². The quantitative estimate of drug-likeness (QED) is 0.495. The number of unbranched alkanes of at least 4 members (excludes halogenated alkanes) is 3. The molecule has 0 aliphatic carbocycles. The Kier molecular flexibility index (Phi) is 8.00. The van der Waals surface area contributed by atoms with Crippen molar-refractivity contribution >= 4 is 10.4 Å². The Morgan fingerprint density at radius 1 is 1.07 bits per heavy atom. The van der Waals surface area contributed by atoms with Gasteiger partial charge in [-0.2, -0.15) is 8.42 Å². The molecule has 5 heteroatoms. The zero-order valence-electron chi connectivity index (χ0n) is 9.61. The van der Waals surface area contributed by atoms with Crippen LogP contribution in [0.3, 0.4) is 0 Å². The largest absolute Gasteiger partial charge is 0.397 e. The van der Waals surface area contributed by atoms with Crippen LogP contribution in [-0.2, 0) is 14.6 Å². The van der Waals surface area contributed by atoms with Gasteiger partial charge in [-0.15, -0.1) is 0 Å². The van der Waals surface area contributed by atoms with Crippen LogP contribution in [0.2, 0.25) is 0 Å². The third-order valence-corrected chi connectivity index (χ3v) is 2.78. The molecule has 0 heterocycles. The van der Waals surface area contributed by atoms with Crippen LogP contribution in [0, 0.1) is 0 Å². The van der Waals surface area contributed by atoms with Crippen molar-refractivity contribution in [1.82, 2.24) is 0 Å². The molecule has 0 bridgehead atoms. The molecule has 15 heavy (non-hydrogen) atoms. The lowest BCUT2D eigenvalue weighted by molar-refractivity contribution is 0.158. The van der Waals surface area contributed by atoms with Gasteiger partial charge in [0.05, 0.1) is 6.10 Å². The van der Waals surface area contributed by atoms with Crippen LogP contribution in [-0.4, -0.2) is 19.1 Å². The summed E-state index contributed by atoms with van der Waals surface area (Å²) < 4.78 is 34.3. The second-order valence-corrected chi connectivity index (χ2v) is 4.83. The van der Waals surface area contributed by atoms with E-state index in [1.54, 1.807) is 0 Å². The molecule has 1 unspecified atom stereocenters. The van der Waals surface area contributed by atoms with Gasteiger partial charge in [0.15, 0.2) is 0 Å². The summed E-state index contributed by atoms with van der Waals surface area (Å²) in [7, 11) is -4.29. The van der Waals surface area contributed by atoms with Gasteiger partial charge in [-0.1, -0.05) is 46.0 Å². The molecule has 92 valence electrons. The van der Waals surface area contributed by atoms with Crippen molar-refractivity contribution in [2.75, 3.05) is 0 Å². The summed E-state index contributed by atoms with van der Waals surface area (Å²) in [5, 5.41) is 0. The third-order valence-electron chi connectivity index (χ3n) is 2.27. The van der Waals surface area contributed by atoms with Gasteiger partial charge in [-0.25, -0.2) is 4.18 Å². The van der Waals surface area contributed by atoms with Gasteiger partial charge in [0.25, 0.3) is 0 Å². The molecular weight excluding hydrogens is 216 g/mol. The maximum absolute atomic E-state index is 10.6. The van der Waals surface area contributed by atoms with E-state index in [9.17, 15) is 8.42 Å². The van der Waals surface area contributed by atoms with Crippen molar-refractivity contribution in [3.8, 4) is 0 Å². The lowest BCUT2D eigenvalue weighted by atomic mass is 10.1. The Hall–Kier alpha value is -0.130. The molecule has 0 aromatic rings. The zero-order valence-corrected chi connectivity index (χ0v) is 10.4. The molecule has 0 radical (unpaired) electrons. The lowest BCUT2D eigenvalue weighted by Crippen LogP contribution is -2.18. The maximum atomic E-state index is 10.6. The molecule has 0 aliphatic heterocycles. The summed E-state index contributed by atoms with van der Waals surface area (Å²) in [6.07, 6.45) is 6.06. The summed E-state index contributed by atoms with van der Waals surface area (Å²) in [6.45, 7) is 4.13. The highest BCUT2D eigenvalue weighted by atomic mass is 32.3.